The zero-order valence-electron chi connectivity index (χ0n) is 15.1. The molecule has 0 saturated carbocycles. The number of nitrogens with one attached hydrogen (secondary N) is 1. The van der Waals surface area contributed by atoms with Crippen LogP contribution in [-0.4, -0.2) is 91.7 Å². The minimum absolute atomic E-state index is 0.180. The highest BCUT2D eigenvalue weighted by atomic mass is 16.6. The molecule has 0 bridgehead atoms. The molecular formula is C16H26N6O3. The van der Waals surface area contributed by atoms with Gasteiger partial charge >= 0.3 is 6.09 Å². The molecule has 138 valence electrons. The lowest BCUT2D eigenvalue weighted by molar-refractivity contribution is 0.0949. The predicted octanol–water partition coefficient (Wildman–Crippen LogP) is 0.0465. The molecule has 1 aliphatic heterocycles. The molecule has 2 heterocycles. The number of carbonyl (C=O) groups is 2. The second-order valence-electron chi connectivity index (χ2n) is 6.00. The van der Waals surface area contributed by atoms with Crippen LogP contribution >= 0.6 is 0 Å². The number of anilines is 1. The maximum Gasteiger partial charge on any atom is 0.409 e. The third-order valence-electron chi connectivity index (χ3n) is 3.83. The molecule has 0 aliphatic carbocycles. The van der Waals surface area contributed by atoms with E-state index in [0.29, 0.717) is 50.8 Å². The second-order valence-corrected chi connectivity index (χ2v) is 6.00. The van der Waals surface area contributed by atoms with Crippen LogP contribution < -0.4 is 10.2 Å². The summed E-state index contributed by atoms with van der Waals surface area (Å²) in [6, 6.07) is 0. The molecule has 1 saturated heterocycles. The number of rotatable bonds is 6. The van der Waals surface area contributed by atoms with Crippen LogP contribution in [0.25, 0.3) is 0 Å². The summed E-state index contributed by atoms with van der Waals surface area (Å²) in [7, 11) is 3.90. The quantitative estimate of drug-likeness (QED) is 0.775. The fourth-order valence-electron chi connectivity index (χ4n) is 2.40. The van der Waals surface area contributed by atoms with Crippen molar-refractivity contribution in [2.45, 2.75) is 6.92 Å². The van der Waals surface area contributed by atoms with E-state index in [-0.39, 0.29) is 12.0 Å². The normalized spacial score (nSPS) is 14.6. The number of likely N-dealkylation sites (N-methyl/N-ethyl adjacent to an activating group) is 1. The first-order valence-electron chi connectivity index (χ1n) is 8.43. The molecule has 0 radical (unpaired) electrons. The summed E-state index contributed by atoms with van der Waals surface area (Å²) in [5.41, 5.74) is 0.438. The zero-order chi connectivity index (χ0) is 18.2. The number of aromatic nitrogens is 2. The number of nitrogens with zero attached hydrogens (tertiary/aromatic N) is 5. The van der Waals surface area contributed by atoms with Gasteiger partial charge in [-0.05, 0) is 21.0 Å². The maximum absolute atomic E-state index is 12.0. The summed E-state index contributed by atoms with van der Waals surface area (Å²) in [4.78, 5) is 37.9. The van der Waals surface area contributed by atoms with Crippen molar-refractivity contribution >= 4 is 17.9 Å². The van der Waals surface area contributed by atoms with E-state index in [2.05, 4.69) is 15.3 Å². The third kappa shape index (κ3) is 5.56. The van der Waals surface area contributed by atoms with Gasteiger partial charge in [0.1, 0.15) is 0 Å². The van der Waals surface area contributed by atoms with E-state index in [1.807, 2.05) is 23.9 Å². The Morgan fingerprint density at radius 3 is 2.40 bits per heavy atom. The third-order valence-corrected chi connectivity index (χ3v) is 3.83. The highest BCUT2D eigenvalue weighted by Gasteiger charge is 2.23. The van der Waals surface area contributed by atoms with Crippen molar-refractivity contribution in [2.24, 2.45) is 0 Å². The monoisotopic (exact) mass is 350 g/mol. The molecule has 9 heteroatoms. The zero-order valence-corrected chi connectivity index (χ0v) is 15.1. The van der Waals surface area contributed by atoms with E-state index >= 15 is 0 Å². The molecule has 0 spiro atoms. The molecule has 9 nitrogen and oxygen atoms in total. The topological polar surface area (TPSA) is 90.9 Å². The minimum atomic E-state index is -0.284. The minimum Gasteiger partial charge on any atom is -0.450 e. The Bertz CT molecular complexity index is 570. The lowest BCUT2D eigenvalue weighted by Gasteiger charge is -2.33. The van der Waals surface area contributed by atoms with E-state index in [4.69, 9.17) is 4.74 Å². The number of amides is 2. The lowest BCUT2D eigenvalue weighted by Crippen LogP contribution is -2.49. The van der Waals surface area contributed by atoms with Gasteiger partial charge in [0.25, 0.3) is 5.91 Å². The number of ether oxygens (including phenoxy) is 1. The first-order chi connectivity index (χ1) is 12.0. The fourth-order valence-corrected chi connectivity index (χ4v) is 2.40. The second kappa shape index (κ2) is 9.16. The van der Waals surface area contributed by atoms with E-state index in [0.717, 1.165) is 6.54 Å². The molecule has 1 aromatic rings. The van der Waals surface area contributed by atoms with Crippen molar-refractivity contribution in [3.63, 3.8) is 0 Å². The fraction of sp³-hybridized carbons (Fsp3) is 0.625. The van der Waals surface area contributed by atoms with E-state index in [9.17, 15) is 9.59 Å². The van der Waals surface area contributed by atoms with Crippen LogP contribution in [0.1, 0.15) is 17.3 Å². The standard InChI is InChI=1S/C16H26N6O3/c1-4-25-16(24)22-9-7-21(8-10-22)15-18-11-13(12-19-15)14(23)17-5-6-20(2)3/h11-12H,4-10H2,1-3H3,(H,17,23). The Morgan fingerprint density at radius 2 is 1.84 bits per heavy atom. The molecule has 25 heavy (non-hydrogen) atoms. The van der Waals surface area contributed by atoms with Crippen LogP contribution in [0, 0.1) is 0 Å². The lowest BCUT2D eigenvalue weighted by atomic mass is 10.3. The van der Waals surface area contributed by atoms with Gasteiger partial charge in [-0.3, -0.25) is 4.79 Å². The Kier molecular flexibility index (Phi) is 6.93. The Hall–Kier alpha value is -2.42. The van der Waals surface area contributed by atoms with Gasteiger partial charge in [-0.2, -0.15) is 0 Å². The number of hydrogen-bond donors (Lipinski definition) is 1. The van der Waals surface area contributed by atoms with Gasteiger partial charge in [0.15, 0.2) is 0 Å². The van der Waals surface area contributed by atoms with Gasteiger partial charge in [0.05, 0.1) is 12.2 Å². The Morgan fingerprint density at radius 1 is 1.20 bits per heavy atom. The van der Waals surface area contributed by atoms with Crippen molar-refractivity contribution in [3.05, 3.63) is 18.0 Å². The van der Waals surface area contributed by atoms with Gasteiger partial charge in [0.2, 0.25) is 5.95 Å². The van der Waals surface area contributed by atoms with E-state index < -0.39 is 0 Å². The van der Waals surface area contributed by atoms with Crippen molar-refractivity contribution in [2.75, 3.05) is 64.9 Å². The Labute approximate surface area is 148 Å². The summed E-state index contributed by atoms with van der Waals surface area (Å²) >= 11 is 0. The van der Waals surface area contributed by atoms with Crippen LogP contribution in [0.5, 0.6) is 0 Å². The van der Waals surface area contributed by atoms with E-state index in [1.165, 1.54) is 12.4 Å². The van der Waals surface area contributed by atoms with Crippen LogP contribution in [0.3, 0.4) is 0 Å². The molecule has 2 rings (SSSR count). The smallest absolute Gasteiger partial charge is 0.409 e. The maximum atomic E-state index is 12.0. The van der Waals surface area contributed by atoms with E-state index in [1.54, 1.807) is 11.8 Å². The van der Waals surface area contributed by atoms with Crippen LogP contribution in [0.4, 0.5) is 10.7 Å². The molecule has 2 amide bonds. The van der Waals surface area contributed by atoms with Crippen LogP contribution in [0.2, 0.25) is 0 Å². The van der Waals surface area contributed by atoms with Gasteiger partial charge in [-0.25, -0.2) is 14.8 Å². The first kappa shape index (κ1) is 18.9. The molecule has 1 aliphatic rings. The van der Waals surface area contributed by atoms with Gasteiger partial charge in [-0.1, -0.05) is 0 Å². The summed E-state index contributed by atoms with van der Waals surface area (Å²) in [6.07, 6.45) is 2.78. The molecule has 0 aromatic carbocycles. The molecule has 0 unspecified atom stereocenters. The van der Waals surface area contributed by atoms with Gasteiger partial charge in [-0.15, -0.1) is 0 Å². The summed E-state index contributed by atoms with van der Waals surface area (Å²) in [5, 5.41) is 2.83. The van der Waals surface area contributed by atoms with Crippen LogP contribution in [-0.2, 0) is 4.74 Å². The van der Waals surface area contributed by atoms with Crippen molar-refractivity contribution in [3.8, 4) is 0 Å². The molecule has 1 fully saturated rings. The van der Waals surface area contributed by atoms with Crippen molar-refractivity contribution < 1.29 is 14.3 Å². The van der Waals surface area contributed by atoms with Crippen LogP contribution in [0.15, 0.2) is 12.4 Å². The largest absolute Gasteiger partial charge is 0.450 e. The number of carbonyl (C=O) groups excluding carboxylic acids is 2. The number of piperazine rings is 1. The van der Waals surface area contributed by atoms with Crippen molar-refractivity contribution in [1.82, 2.24) is 25.1 Å². The number of hydrogen-bond acceptors (Lipinski definition) is 7. The highest BCUT2D eigenvalue weighted by molar-refractivity contribution is 5.93. The average molecular weight is 350 g/mol. The molecular weight excluding hydrogens is 324 g/mol. The average Bonchev–Trinajstić information content (AvgIpc) is 2.62. The summed E-state index contributed by atoms with van der Waals surface area (Å²) in [6.45, 7) is 5.91. The first-order valence-corrected chi connectivity index (χ1v) is 8.43. The molecule has 1 N–H and O–H groups in total. The van der Waals surface area contributed by atoms with Gasteiger partial charge < -0.3 is 24.8 Å². The SMILES string of the molecule is CCOC(=O)N1CCN(c2ncc(C(=O)NCCN(C)C)cn2)CC1. The predicted molar refractivity (Wildman–Crippen MR) is 93.7 cm³/mol. The summed E-state index contributed by atoms with van der Waals surface area (Å²) < 4.78 is 5.00. The summed E-state index contributed by atoms with van der Waals surface area (Å²) in [5.74, 6) is 0.383. The Balaban J connectivity index is 1.84. The van der Waals surface area contributed by atoms with Gasteiger partial charge in [0, 0.05) is 51.7 Å². The molecule has 0 atom stereocenters. The highest BCUT2D eigenvalue weighted by Crippen LogP contribution is 2.11. The van der Waals surface area contributed by atoms with Crippen molar-refractivity contribution in [1.29, 1.82) is 0 Å². The molecule has 1 aromatic heterocycles.